The molecule has 1 aliphatic carbocycles. The minimum absolute atomic E-state index is 0.140. The molecule has 0 bridgehead atoms. The summed E-state index contributed by atoms with van der Waals surface area (Å²) in [5.41, 5.74) is 3.76. The normalized spacial score (nSPS) is 14.0. The average Bonchev–Trinajstić information content (AvgIpc) is 2.50. The molecule has 0 unspecified atom stereocenters. The third kappa shape index (κ3) is 3.33. The number of anilines is 1. The number of benzene rings is 1. The van der Waals surface area contributed by atoms with Crippen LogP contribution in [-0.2, 0) is 4.79 Å². The van der Waals surface area contributed by atoms with Crippen molar-refractivity contribution in [2.75, 3.05) is 18.4 Å². The summed E-state index contributed by atoms with van der Waals surface area (Å²) < 4.78 is 0. The lowest BCUT2D eigenvalue weighted by molar-refractivity contribution is -0.127. The van der Waals surface area contributed by atoms with Gasteiger partial charge >= 0.3 is 0 Å². The van der Waals surface area contributed by atoms with Gasteiger partial charge in [-0.15, -0.1) is 0 Å². The van der Waals surface area contributed by atoms with Gasteiger partial charge in [-0.3, -0.25) is 4.79 Å². The molecule has 5 nitrogen and oxygen atoms in total. The number of carbonyl (C=O) groups excluding carboxylic acids is 1. The van der Waals surface area contributed by atoms with Crippen LogP contribution in [0, 0.1) is 31.1 Å². The molecule has 0 spiro atoms. The van der Waals surface area contributed by atoms with Gasteiger partial charge in [-0.1, -0.05) is 6.42 Å². The molecule has 1 aromatic carbocycles. The van der Waals surface area contributed by atoms with Gasteiger partial charge in [-0.2, -0.15) is 5.26 Å². The summed E-state index contributed by atoms with van der Waals surface area (Å²) in [6, 6.07) is 8.15. The number of nitriles is 1. The van der Waals surface area contributed by atoms with Crippen LogP contribution in [0.5, 0.6) is 0 Å². The van der Waals surface area contributed by atoms with E-state index in [2.05, 4.69) is 41.6 Å². The van der Waals surface area contributed by atoms with Gasteiger partial charge in [0.15, 0.2) is 0 Å². The summed E-state index contributed by atoms with van der Waals surface area (Å²) in [5.74, 6) is 0.914. The highest BCUT2D eigenvalue weighted by molar-refractivity contribution is 5.84. The van der Waals surface area contributed by atoms with Gasteiger partial charge in [0.25, 0.3) is 0 Å². The first-order valence-corrected chi connectivity index (χ1v) is 8.42. The van der Waals surface area contributed by atoms with Crippen LogP contribution >= 0.6 is 0 Å². The minimum atomic E-state index is 0.140. The SMILES string of the molecule is Cc1cc2cc(C#N)c(NCCNC(=O)C3CCC3)nc2cc1C. The smallest absolute Gasteiger partial charge is 0.223 e. The summed E-state index contributed by atoms with van der Waals surface area (Å²) in [7, 11) is 0. The molecule has 24 heavy (non-hydrogen) atoms. The van der Waals surface area contributed by atoms with Gasteiger partial charge in [0.1, 0.15) is 11.9 Å². The van der Waals surface area contributed by atoms with Crippen LogP contribution in [0.15, 0.2) is 18.2 Å². The van der Waals surface area contributed by atoms with Crippen molar-refractivity contribution in [2.24, 2.45) is 5.92 Å². The highest BCUT2D eigenvalue weighted by Gasteiger charge is 2.24. The Kier molecular flexibility index (Phi) is 4.66. The summed E-state index contributed by atoms with van der Waals surface area (Å²) in [4.78, 5) is 16.4. The van der Waals surface area contributed by atoms with Crippen LogP contribution in [0.2, 0.25) is 0 Å². The highest BCUT2D eigenvalue weighted by atomic mass is 16.1. The lowest BCUT2D eigenvalue weighted by Crippen LogP contribution is -2.37. The van der Waals surface area contributed by atoms with E-state index in [9.17, 15) is 10.1 Å². The Balaban J connectivity index is 1.68. The fraction of sp³-hybridized carbons (Fsp3) is 0.421. The predicted molar refractivity (Wildman–Crippen MR) is 94.8 cm³/mol. The number of rotatable bonds is 5. The molecule has 0 aliphatic heterocycles. The first-order chi connectivity index (χ1) is 11.6. The number of hydrogen-bond donors (Lipinski definition) is 2. The van der Waals surface area contributed by atoms with Crippen molar-refractivity contribution in [3.05, 3.63) is 34.9 Å². The van der Waals surface area contributed by atoms with E-state index >= 15 is 0 Å². The third-order valence-electron chi connectivity index (χ3n) is 4.74. The Labute approximate surface area is 142 Å². The topological polar surface area (TPSA) is 77.8 Å². The summed E-state index contributed by atoms with van der Waals surface area (Å²) in [6.07, 6.45) is 3.16. The van der Waals surface area contributed by atoms with Crippen molar-refractivity contribution in [1.29, 1.82) is 5.26 Å². The van der Waals surface area contributed by atoms with Crippen molar-refractivity contribution in [2.45, 2.75) is 33.1 Å². The van der Waals surface area contributed by atoms with Gasteiger partial charge in [-0.05, 0) is 56.0 Å². The van der Waals surface area contributed by atoms with Gasteiger partial charge in [0.2, 0.25) is 5.91 Å². The van der Waals surface area contributed by atoms with Crippen molar-refractivity contribution in [3.63, 3.8) is 0 Å². The number of hydrogen-bond acceptors (Lipinski definition) is 4. The van der Waals surface area contributed by atoms with Crippen molar-refractivity contribution in [1.82, 2.24) is 10.3 Å². The maximum absolute atomic E-state index is 11.8. The number of aryl methyl sites for hydroxylation is 2. The molecular formula is C19H22N4O. The Bertz CT molecular complexity index is 818. The number of aromatic nitrogens is 1. The van der Waals surface area contributed by atoms with E-state index in [1.54, 1.807) is 0 Å². The molecule has 2 aromatic rings. The lowest BCUT2D eigenvalue weighted by Gasteiger charge is -2.24. The number of pyridine rings is 1. The van der Waals surface area contributed by atoms with Crippen LogP contribution in [0.4, 0.5) is 5.82 Å². The van der Waals surface area contributed by atoms with Gasteiger partial charge in [-0.25, -0.2) is 4.98 Å². The Morgan fingerprint density at radius 3 is 2.67 bits per heavy atom. The Hall–Kier alpha value is -2.61. The quantitative estimate of drug-likeness (QED) is 0.829. The van der Waals surface area contributed by atoms with E-state index in [0.717, 1.165) is 30.2 Å². The van der Waals surface area contributed by atoms with E-state index in [1.807, 2.05) is 12.1 Å². The second-order valence-corrected chi connectivity index (χ2v) is 6.47. The fourth-order valence-electron chi connectivity index (χ4n) is 2.84. The summed E-state index contributed by atoms with van der Waals surface area (Å²) in [6.45, 7) is 5.19. The Morgan fingerprint density at radius 1 is 1.25 bits per heavy atom. The first kappa shape index (κ1) is 16.3. The molecule has 124 valence electrons. The largest absolute Gasteiger partial charge is 0.367 e. The molecule has 1 saturated carbocycles. The van der Waals surface area contributed by atoms with Crippen LogP contribution in [-0.4, -0.2) is 24.0 Å². The molecule has 0 atom stereocenters. The monoisotopic (exact) mass is 322 g/mol. The number of nitrogens with one attached hydrogen (secondary N) is 2. The molecule has 1 fully saturated rings. The number of carbonyl (C=O) groups is 1. The molecule has 5 heteroatoms. The van der Waals surface area contributed by atoms with Crippen LogP contribution in [0.3, 0.4) is 0 Å². The molecular weight excluding hydrogens is 300 g/mol. The molecule has 1 heterocycles. The van der Waals surface area contributed by atoms with Crippen molar-refractivity contribution >= 4 is 22.6 Å². The van der Waals surface area contributed by atoms with Gasteiger partial charge in [0, 0.05) is 24.4 Å². The molecule has 1 aromatic heterocycles. The summed E-state index contributed by atoms with van der Waals surface area (Å²) >= 11 is 0. The third-order valence-corrected chi connectivity index (χ3v) is 4.74. The van der Waals surface area contributed by atoms with Gasteiger partial charge in [0.05, 0.1) is 11.1 Å². The first-order valence-electron chi connectivity index (χ1n) is 8.42. The Morgan fingerprint density at radius 2 is 2.00 bits per heavy atom. The fourth-order valence-corrected chi connectivity index (χ4v) is 2.84. The minimum Gasteiger partial charge on any atom is -0.367 e. The molecule has 0 radical (unpaired) electrons. The lowest BCUT2D eigenvalue weighted by atomic mass is 9.85. The molecule has 2 N–H and O–H groups in total. The predicted octanol–water partition coefficient (Wildman–Crippen LogP) is 3.05. The number of amides is 1. The highest BCUT2D eigenvalue weighted by Crippen LogP contribution is 2.26. The van der Waals surface area contributed by atoms with Crippen LogP contribution in [0.25, 0.3) is 10.9 Å². The molecule has 0 saturated heterocycles. The molecule has 1 aliphatic rings. The van der Waals surface area contributed by atoms with E-state index < -0.39 is 0 Å². The van der Waals surface area contributed by atoms with Crippen LogP contribution < -0.4 is 10.6 Å². The van der Waals surface area contributed by atoms with Crippen LogP contribution in [0.1, 0.15) is 36.0 Å². The average molecular weight is 322 g/mol. The molecule has 3 rings (SSSR count). The van der Waals surface area contributed by atoms with E-state index in [-0.39, 0.29) is 11.8 Å². The second kappa shape index (κ2) is 6.88. The number of fused-ring (bicyclic) bond motifs is 1. The van der Waals surface area contributed by atoms with E-state index in [0.29, 0.717) is 24.5 Å². The zero-order valence-corrected chi connectivity index (χ0v) is 14.1. The number of nitrogens with zero attached hydrogens (tertiary/aromatic N) is 2. The van der Waals surface area contributed by atoms with Gasteiger partial charge < -0.3 is 10.6 Å². The molecule has 1 amide bonds. The second-order valence-electron chi connectivity index (χ2n) is 6.47. The van der Waals surface area contributed by atoms with E-state index in [1.165, 1.54) is 11.1 Å². The maximum atomic E-state index is 11.8. The summed E-state index contributed by atoms with van der Waals surface area (Å²) in [5, 5.41) is 16.4. The van der Waals surface area contributed by atoms with E-state index in [4.69, 9.17) is 0 Å². The zero-order chi connectivity index (χ0) is 17.1. The standard InChI is InChI=1S/C19H22N4O/c1-12-8-15-10-16(11-20)18(23-17(15)9-13(12)2)21-6-7-22-19(24)14-4-3-5-14/h8-10,14H,3-7H2,1-2H3,(H,21,23)(H,22,24). The zero-order valence-electron chi connectivity index (χ0n) is 14.1. The van der Waals surface area contributed by atoms with Crippen molar-refractivity contribution in [3.8, 4) is 6.07 Å². The maximum Gasteiger partial charge on any atom is 0.223 e. The van der Waals surface area contributed by atoms with Crippen molar-refractivity contribution < 1.29 is 4.79 Å².